The number of nitrogens with one attached hydrogen (secondary N) is 2. The fourth-order valence-corrected chi connectivity index (χ4v) is 3.09. The summed E-state index contributed by atoms with van der Waals surface area (Å²) >= 11 is 5.88. The first-order valence-corrected chi connectivity index (χ1v) is 7.71. The Kier molecular flexibility index (Phi) is 4.08. The van der Waals surface area contributed by atoms with Crippen LogP contribution >= 0.6 is 11.6 Å². The predicted octanol–water partition coefficient (Wildman–Crippen LogP) is 0.493. The number of aliphatic hydroxyl groups excluding tert-OH is 1. The van der Waals surface area contributed by atoms with Crippen molar-refractivity contribution < 1.29 is 19.4 Å². The van der Waals surface area contributed by atoms with Gasteiger partial charge in [0.05, 0.1) is 12.1 Å². The van der Waals surface area contributed by atoms with Crippen molar-refractivity contribution in [3.05, 3.63) is 28.8 Å². The highest BCUT2D eigenvalue weighted by molar-refractivity contribution is 6.30. The molecule has 2 fully saturated rings. The highest BCUT2D eigenvalue weighted by atomic mass is 35.5. The molecule has 1 spiro atoms. The Morgan fingerprint density at radius 1 is 1.52 bits per heavy atom. The van der Waals surface area contributed by atoms with Gasteiger partial charge in [0.15, 0.2) is 6.10 Å². The maximum absolute atomic E-state index is 12.4. The minimum Gasteiger partial charge on any atom is -0.481 e. The first kappa shape index (κ1) is 15.9. The van der Waals surface area contributed by atoms with Crippen LogP contribution in [0, 0.1) is 0 Å². The summed E-state index contributed by atoms with van der Waals surface area (Å²) in [5, 5.41) is 15.4. The lowest BCUT2D eigenvalue weighted by atomic mass is 9.90. The summed E-state index contributed by atoms with van der Waals surface area (Å²) in [6.45, 7) is 2.89. The van der Waals surface area contributed by atoms with Crippen LogP contribution in [0.15, 0.2) is 18.2 Å². The number of carbonyl (C=O) groups excluding carboxylic acids is 2. The number of rotatable bonds is 4. The third-order valence-corrected chi connectivity index (χ3v) is 4.34. The van der Waals surface area contributed by atoms with E-state index in [2.05, 4.69) is 10.6 Å². The van der Waals surface area contributed by atoms with E-state index in [4.69, 9.17) is 16.3 Å². The summed E-state index contributed by atoms with van der Waals surface area (Å²) in [6, 6.07) is 4.68. The topological polar surface area (TPSA) is 90.9 Å². The van der Waals surface area contributed by atoms with E-state index in [-0.39, 0.29) is 24.1 Å². The monoisotopic (exact) mass is 339 g/mol. The van der Waals surface area contributed by atoms with Crippen molar-refractivity contribution in [2.24, 2.45) is 0 Å². The first-order chi connectivity index (χ1) is 10.9. The molecule has 2 saturated heterocycles. The summed E-state index contributed by atoms with van der Waals surface area (Å²) in [4.78, 5) is 25.3. The summed E-state index contributed by atoms with van der Waals surface area (Å²) in [6.07, 6.45) is -0.691. The molecule has 3 rings (SSSR count). The lowest BCUT2D eigenvalue weighted by Gasteiger charge is -2.47. The maximum atomic E-state index is 12.4. The number of halogens is 1. The molecule has 1 aromatic carbocycles. The van der Waals surface area contributed by atoms with Crippen molar-refractivity contribution >= 4 is 23.5 Å². The van der Waals surface area contributed by atoms with Gasteiger partial charge in [0.25, 0.3) is 5.91 Å². The molecule has 23 heavy (non-hydrogen) atoms. The van der Waals surface area contributed by atoms with E-state index in [0.717, 1.165) is 0 Å². The molecule has 1 atom stereocenters. The first-order valence-electron chi connectivity index (χ1n) is 7.33. The average Bonchev–Trinajstić information content (AvgIpc) is 2.89. The molecule has 0 aliphatic carbocycles. The molecule has 8 heteroatoms. The molecule has 0 bridgehead atoms. The van der Waals surface area contributed by atoms with Gasteiger partial charge in [-0.1, -0.05) is 11.6 Å². The zero-order valence-electron chi connectivity index (χ0n) is 12.6. The van der Waals surface area contributed by atoms with Crippen molar-refractivity contribution in [2.75, 3.05) is 19.6 Å². The van der Waals surface area contributed by atoms with Gasteiger partial charge in [-0.25, -0.2) is 4.79 Å². The number of likely N-dealkylation sites (tertiary alicyclic amines) is 1. The second-order valence-corrected chi connectivity index (χ2v) is 6.39. The zero-order valence-corrected chi connectivity index (χ0v) is 13.4. The van der Waals surface area contributed by atoms with E-state index < -0.39 is 6.10 Å². The van der Waals surface area contributed by atoms with Crippen LogP contribution < -0.4 is 15.4 Å². The number of ether oxygens (including phenoxy) is 1. The Bertz CT molecular complexity index is 646. The Hall–Kier alpha value is -1.99. The van der Waals surface area contributed by atoms with Gasteiger partial charge < -0.3 is 25.4 Å². The molecular weight excluding hydrogens is 322 g/mol. The predicted molar refractivity (Wildman–Crippen MR) is 83.3 cm³/mol. The van der Waals surface area contributed by atoms with Gasteiger partial charge in [-0.15, -0.1) is 0 Å². The third kappa shape index (κ3) is 3.07. The lowest BCUT2D eigenvalue weighted by molar-refractivity contribution is -0.145. The van der Waals surface area contributed by atoms with Gasteiger partial charge >= 0.3 is 6.03 Å². The summed E-state index contributed by atoms with van der Waals surface area (Å²) in [5.74, 6) is 0.277. The minimum absolute atomic E-state index is 0.157. The van der Waals surface area contributed by atoms with E-state index in [1.165, 1.54) is 0 Å². The van der Waals surface area contributed by atoms with Crippen molar-refractivity contribution in [1.82, 2.24) is 15.5 Å². The normalized spacial score (nSPS) is 19.8. The maximum Gasteiger partial charge on any atom is 0.315 e. The molecule has 1 unspecified atom stereocenters. The molecule has 0 radical (unpaired) electrons. The van der Waals surface area contributed by atoms with Crippen LogP contribution in [0.1, 0.15) is 12.5 Å². The van der Waals surface area contributed by atoms with E-state index in [1.807, 2.05) is 0 Å². The number of hydrogen-bond donors (Lipinski definition) is 3. The number of carbonyl (C=O) groups is 2. The van der Waals surface area contributed by atoms with Gasteiger partial charge in [0.1, 0.15) is 5.75 Å². The van der Waals surface area contributed by atoms with Gasteiger partial charge in [-0.05, 0) is 25.1 Å². The zero-order chi connectivity index (χ0) is 16.6. The molecule has 124 valence electrons. The summed E-state index contributed by atoms with van der Waals surface area (Å²) in [7, 11) is 0. The van der Waals surface area contributed by atoms with Crippen molar-refractivity contribution in [1.29, 1.82) is 0 Å². The Morgan fingerprint density at radius 2 is 2.26 bits per heavy atom. The molecular formula is C15H18ClN3O4. The quantitative estimate of drug-likeness (QED) is 0.744. The second kappa shape index (κ2) is 5.90. The SMILES string of the molecule is CC(Oc1ccc(Cl)cc1CO)C(=O)N1CC2(CNC(=O)N2)C1. The Labute approximate surface area is 138 Å². The van der Waals surface area contributed by atoms with Gasteiger partial charge in [0.2, 0.25) is 0 Å². The van der Waals surface area contributed by atoms with Gasteiger partial charge in [-0.3, -0.25) is 4.79 Å². The van der Waals surface area contributed by atoms with Crippen LogP contribution in [0.4, 0.5) is 4.79 Å². The molecule has 2 aliphatic heterocycles. The lowest BCUT2D eigenvalue weighted by Crippen LogP contribution is -2.71. The van der Waals surface area contributed by atoms with E-state index >= 15 is 0 Å². The highest BCUT2D eigenvalue weighted by Gasteiger charge is 2.50. The molecule has 2 heterocycles. The van der Waals surface area contributed by atoms with E-state index in [9.17, 15) is 14.7 Å². The average molecular weight is 340 g/mol. The number of hydrogen-bond acceptors (Lipinski definition) is 4. The molecule has 0 aromatic heterocycles. The Morgan fingerprint density at radius 3 is 2.87 bits per heavy atom. The van der Waals surface area contributed by atoms with E-state index in [0.29, 0.717) is 36.0 Å². The van der Waals surface area contributed by atoms with Crippen molar-refractivity contribution in [3.8, 4) is 5.75 Å². The number of benzene rings is 1. The van der Waals surface area contributed by atoms with Crippen molar-refractivity contribution in [3.63, 3.8) is 0 Å². The summed E-state index contributed by atoms with van der Waals surface area (Å²) < 4.78 is 5.67. The van der Waals surface area contributed by atoms with E-state index in [1.54, 1.807) is 30.0 Å². The fraction of sp³-hybridized carbons (Fsp3) is 0.467. The summed E-state index contributed by atoms with van der Waals surface area (Å²) in [5.41, 5.74) is 0.188. The van der Waals surface area contributed by atoms with Crippen molar-refractivity contribution in [2.45, 2.75) is 25.2 Å². The number of nitrogens with zero attached hydrogens (tertiary/aromatic N) is 1. The van der Waals surface area contributed by atoms with Crippen LogP contribution in [0.5, 0.6) is 5.75 Å². The smallest absolute Gasteiger partial charge is 0.315 e. The van der Waals surface area contributed by atoms with Crippen LogP contribution in [-0.4, -0.2) is 53.2 Å². The number of urea groups is 1. The largest absolute Gasteiger partial charge is 0.481 e. The molecule has 1 aromatic rings. The van der Waals surface area contributed by atoms with Crippen LogP contribution in [0.2, 0.25) is 5.02 Å². The standard InChI is InChI=1S/C15H18ClN3O4/c1-9(23-12-3-2-11(16)4-10(12)5-20)13(21)19-7-15(8-19)6-17-14(22)18-15/h2-4,9,20H,5-8H2,1H3,(H2,17,18,22). The van der Waals surface area contributed by atoms with Gasteiger partial charge in [-0.2, -0.15) is 0 Å². The van der Waals surface area contributed by atoms with Crippen LogP contribution in [0.25, 0.3) is 0 Å². The van der Waals surface area contributed by atoms with Gasteiger partial charge in [0, 0.05) is 30.2 Å². The highest BCUT2D eigenvalue weighted by Crippen LogP contribution is 2.27. The molecule has 7 nitrogen and oxygen atoms in total. The third-order valence-electron chi connectivity index (χ3n) is 4.11. The molecule has 3 N–H and O–H groups in total. The second-order valence-electron chi connectivity index (χ2n) is 5.95. The minimum atomic E-state index is -0.691. The number of amides is 3. The molecule has 2 aliphatic rings. The van der Waals surface area contributed by atoms with Crippen LogP contribution in [-0.2, 0) is 11.4 Å². The molecule has 3 amide bonds. The fourth-order valence-electron chi connectivity index (χ4n) is 2.89. The molecule has 0 saturated carbocycles. The van der Waals surface area contributed by atoms with Crippen LogP contribution in [0.3, 0.4) is 0 Å². The Balaban J connectivity index is 1.60. The number of aliphatic hydroxyl groups is 1.